The van der Waals surface area contributed by atoms with Crippen LogP contribution in [0.25, 0.3) is 0 Å². The molecule has 1 aromatic carbocycles. The molecule has 7 heteroatoms. The number of nitrogens with zero attached hydrogens (tertiary/aromatic N) is 3. The van der Waals surface area contributed by atoms with E-state index in [4.69, 9.17) is 4.74 Å². The highest BCUT2D eigenvalue weighted by molar-refractivity contribution is 8.00. The third kappa shape index (κ3) is 4.49. The monoisotopic (exact) mass is 373 g/mol. The predicted octanol–water partition coefficient (Wildman–Crippen LogP) is 3.95. The van der Waals surface area contributed by atoms with Crippen molar-refractivity contribution < 1.29 is 9.53 Å². The van der Waals surface area contributed by atoms with E-state index < -0.39 is 0 Å². The van der Waals surface area contributed by atoms with Crippen molar-refractivity contribution in [2.75, 3.05) is 7.11 Å². The van der Waals surface area contributed by atoms with Crippen LogP contribution in [-0.4, -0.2) is 32.9 Å². The average molecular weight is 374 g/mol. The normalized spacial score (nSPS) is 12.1. The Bertz CT molecular complexity index is 813. The van der Waals surface area contributed by atoms with Gasteiger partial charge in [0.05, 0.1) is 12.4 Å². The molecule has 0 bridgehead atoms. The van der Waals surface area contributed by atoms with Gasteiger partial charge in [-0.1, -0.05) is 17.8 Å². The molecule has 0 radical (unpaired) electrons. The van der Waals surface area contributed by atoms with Gasteiger partial charge in [-0.05, 0) is 49.1 Å². The van der Waals surface area contributed by atoms with E-state index in [1.54, 1.807) is 49.0 Å². The van der Waals surface area contributed by atoms with Crippen LogP contribution in [0, 0.1) is 0 Å². The van der Waals surface area contributed by atoms with Crippen molar-refractivity contribution in [2.24, 2.45) is 0 Å². The van der Waals surface area contributed by atoms with Gasteiger partial charge in [0.15, 0.2) is 10.9 Å². The van der Waals surface area contributed by atoms with Gasteiger partial charge in [-0.3, -0.25) is 4.79 Å². The van der Waals surface area contributed by atoms with Gasteiger partial charge >= 0.3 is 0 Å². The number of aromatic nitrogens is 3. The van der Waals surface area contributed by atoms with Crippen LogP contribution in [0.1, 0.15) is 22.2 Å². The zero-order valence-electron chi connectivity index (χ0n) is 14.1. The van der Waals surface area contributed by atoms with E-state index in [-0.39, 0.29) is 11.0 Å². The van der Waals surface area contributed by atoms with Crippen LogP contribution in [-0.2, 0) is 13.0 Å². The zero-order valence-corrected chi connectivity index (χ0v) is 15.7. The van der Waals surface area contributed by atoms with Gasteiger partial charge in [0, 0.05) is 17.0 Å². The summed E-state index contributed by atoms with van der Waals surface area (Å²) >= 11 is 3.18. The standard InChI is InChI=1S/C18H19N3O2S2/c1-13(17(22)14-5-7-15(23-2)8-6-14)25-18-20-19-12-21(18)10-9-16-4-3-11-24-16/h3-8,11-13H,9-10H2,1-2H3. The first-order chi connectivity index (χ1) is 12.2. The van der Waals surface area contributed by atoms with Gasteiger partial charge in [0.1, 0.15) is 12.1 Å². The summed E-state index contributed by atoms with van der Waals surface area (Å²) < 4.78 is 7.13. The second kappa shape index (κ2) is 8.31. The lowest BCUT2D eigenvalue weighted by molar-refractivity contribution is 0.0994. The zero-order chi connectivity index (χ0) is 17.6. The van der Waals surface area contributed by atoms with Gasteiger partial charge in [0.2, 0.25) is 0 Å². The second-order valence-corrected chi connectivity index (χ2v) is 7.83. The number of ether oxygens (including phenoxy) is 1. The third-order valence-corrected chi connectivity index (χ3v) is 5.82. The van der Waals surface area contributed by atoms with Crippen LogP contribution in [0.4, 0.5) is 0 Å². The SMILES string of the molecule is COc1ccc(C(=O)C(C)Sc2nncn2CCc2cccs2)cc1. The topological polar surface area (TPSA) is 57.0 Å². The molecule has 3 aromatic rings. The molecule has 0 N–H and O–H groups in total. The maximum absolute atomic E-state index is 12.6. The first-order valence-electron chi connectivity index (χ1n) is 7.92. The number of thiophene rings is 1. The Labute approximate surface area is 155 Å². The summed E-state index contributed by atoms with van der Waals surface area (Å²) in [6, 6.07) is 11.4. The van der Waals surface area contributed by atoms with Crippen molar-refractivity contribution in [3.63, 3.8) is 0 Å². The number of rotatable bonds is 8. The van der Waals surface area contributed by atoms with Crippen LogP contribution >= 0.6 is 23.1 Å². The molecule has 3 rings (SSSR count). The largest absolute Gasteiger partial charge is 0.497 e. The van der Waals surface area contributed by atoms with Gasteiger partial charge < -0.3 is 9.30 Å². The van der Waals surface area contributed by atoms with Gasteiger partial charge in [-0.15, -0.1) is 21.5 Å². The van der Waals surface area contributed by atoms with Gasteiger partial charge in [0.25, 0.3) is 0 Å². The maximum atomic E-state index is 12.6. The highest BCUT2D eigenvalue weighted by Gasteiger charge is 2.19. The first kappa shape index (κ1) is 17.7. The van der Waals surface area contributed by atoms with Crippen LogP contribution in [0.3, 0.4) is 0 Å². The van der Waals surface area contributed by atoms with Gasteiger partial charge in [-0.25, -0.2) is 0 Å². The Morgan fingerprint density at radius 1 is 1.32 bits per heavy atom. The van der Waals surface area contributed by atoms with Gasteiger partial charge in [-0.2, -0.15) is 0 Å². The summed E-state index contributed by atoms with van der Waals surface area (Å²) in [5.74, 6) is 0.811. The summed E-state index contributed by atoms with van der Waals surface area (Å²) in [7, 11) is 1.61. The number of carbonyl (C=O) groups is 1. The number of carbonyl (C=O) groups excluding carboxylic acids is 1. The Morgan fingerprint density at radius 2 is 2.12 bits per heavy atom. The Hall–Kier alpha value is -2.12. The minimum atomic E-state index is -0.238. The summed E-state index contributed by atoms with van der Waals surface area (Å²) in [5, 5.41) is 10.8. The van der Waals surface area contributed by atoms with Crippen molar-refractivity contribution in [3.05, 3.63) is 58.5 Å². The summed E-state index contributed by atoms with van der Waals surface area (Å²) in [6.07, 6.45) is 2.66. The lowest BCUT2D eigenvalue weighted by Gasteiger charge is -2.11. The Kier molecular flexibility index (Phi) is 5.88. The minimum absolute atomic E-state index is 0.0699. The van der Waals surface area contributed by atoms with E-state index in [2.05, 4.69) is 27.7 Å². The smallest absolute Gasteiger partial charge is 0.191 e. The van der Waals surface area contributed by atoms with Crippen molar-refractivity contribution in [3.8, 4) is 5.75 Å². The maximum Gasteiger partial charge on any atom is 0.191 e. The molecule has 0 saturated heterocycles. The molecule has 0 aliphatic carbocycles. The number of Topliss-reactive ketones (excluding diaryl/α,β-unsaturated/α-hetero) is 1. The average Bonchev–Trinajstić information content (AvgIpc) is 3.31. The van der Waals surface area contributed by atoms with E-state index in [0.717, 1.165) is 23.9 Å². The van der Waals surface area contributed by atoms with Crippen molar-refractivity contribution in [1.29, 1.82) is 0 Å². The molecule has 0 saturated carbocycles. The van der Waals surface area contributed by atoms with Crippen molar-refractivity contribution >= 4 is 28.9 Å². The molecule has 2 heterocycles. The lowest BCUT2D eigenvalue weighted by Crippen LogP contribution is -2.15. The molecule has 0 fully saturated rings. The quantitative estimate of drug-likeness (QED) is 0.442. The molecule has 25 heavy (non-hydrogen) atoms. The number of hydrogen-bond donors (Lipinski definition) is 0. The molecular formula is C18H19N3O2S2. The molecule has 2 aromatic heterocycles. The summed E-state index contributed by atoms with van der Waals surface area (Å²) in [5.41, 5.74) is 0.672. The van der Waals surface area contributed by atoms with Crippen LogP contribution in [0.2, 0.25) is 0 Å². The van der Waals surface area contributed by atoms with Crippen LogP contribution in [0.5, 0.6) is 5.75 Å². The van der Waals surface area contributed by atoms with E-state index in [1.165, 1.54) is 16.6 Å². The third-order valence-electron chi connectivity index (χ3n) is 3.79. The molecule has 0 aliphatic heterocycles. The fourth-order valence-corrected chi connectivity index (χ4v) is 4.00. The van der Waals surface area contributed by atoms with Crippen molar-refractivity contribution in [1.82, 2.24) is 14.8 Å². The first-order valence-corrected chi connectivity index (χ1v) is 9.68. The Morgan fingerprint density at radius 3 is 2.80 bits per heavy atom. The fourth-order valence-electron chi connectivity index (χ4n) is 2.38. The molecule has 0 spiro atoms. The van der Waals surface area contributed by atoms with E-state index in [1.807, 2.05) is 11.5 Å². The van der Waals surface area contributed by atoms with E-state index >= 15 is 0 Å². The predicted molar refractivity (Wildman–Crippen MR) is 101 cm³/mol. The minimum Gasteiger partial charge on any atom is -0.497 e. The van der Waals surface area contributed by atoms with E-state index in [0.29, 0.717) is 5.56 Å². The number of benzene rings is 1. The van der Waals surface area contributed by atoms with Crippen LogP contribution in [0.15, 0.2) is 53.3 Å². The second-order valence-electron chi connectivity index (χ2n) is 5.49. The molecule has 130 valence electrons. The Balaban J connectivity index is 1.63. The molecular weight excluding hydrogens is 354 g/mol. The molecule has 0 amide bonds. The number of thioether (sulfide) groups is 1. The molecule has 1 atom stereocenters. The molecule has 5 nitrogen and oxygen atoms in total. The highest BCUT2D eigenvalue weighted by Crippen LogP contribution is 2.25. The summed E-state index contributed by atoms with van der Waals surface area (Å²) in [4.78, 5) is 13.9. The highest BCUT2D eigenvalue weighted by atomic mass is 32.2. The number of methoxy groups -OCH3 is 1. The molecule has 0 aliphatic rings. The van der Waals surface area contributed by atoms with E-state index in [9.17, 15) is 4.79 Å². The number of aryl methyl sites for hydroxylation is 2. The van der Waals surface area contributed by atoms with Crippen LogP contribution < -0.4 is 4.74 Å². The number of ketones is 1. The molecule has 1 unspecified atom stereocenters. The lowest BCUT2D eigenvalue weighted by atomic mass is 10.1. The fraction of sp³-hybridized carbons (Fsp3) is 0.278. The number of hydrogen-bond acceptors (Lipinski definition) is 6. The van der Waals surface area contributed by atoms with Crippen molar-refractivity contribution in [2.45, 2.75) is 30.3 Å². The summed E-state index contributed by atoms with van der Waals surface area (Å²) in [6.45, 7) is 2.70.